The molecule has 0 aliphatic heterocycles. The quantitative estimate of drug-likeness (QED) is 0.867. The van der Waals surface area contributed by atoms with Crippen molar-refractivity contribution < 1.29 is 0 Å². The van der Waals surface area contributed by atoms with Gasteiger partial charge < -0.3 is 5.32 Å². The Morgan fingerprint density at radius 2 is 2.19 bits per heavy atom. The molecular formula is C11H12IN3S. The lowest BCUT2D eigenvalue weighted by Gasteiger charge is -2.08. The van der Waals surface area contributed by atoms with Gasteiger partial charge in [0.1, 0.15) is 11.6 Å². The van der Waals surface area contributed by atoms with E-state index >= 15 is 0 Å². The van der Waals surface area contributed by atoms with E-state index in [-0.39, 0.29) is 0 Å². The molecule has 1 N–H and O–H groups in total. The maximum absolute atomic E-state index is 4.41. The summed E-state index contributed by atoms with van der Waals surface area (Å²) >= 11 is 4.03. The Hall–Kier alpha value is -0.690. The smallest absolute Gasteiger partial charge is 0.143 e. The number of halogens is 1. The molecular weight excluding hydrogens is 333 g/mol. The highest BCUT2D eigenvalue weighted by Crippen LogP contribution is 2.19. The van der Waals surface area contributed by atoms with E-state index in [4.69, 9.17) is 0 Å². The third-order valence-corrected chi connectivity index (χ3v) is 4.31. The van der Waals surface area contributed by atoms with Crippen molar-refractivity contribution in [2.24, 2.45) is 0 Å². The molecule has 0 aromatic carbocycles. The largest absolute Gasteiger partial charge is 0.364 e. The Morgan fingerprint density at radius 1 is 1.38 bits per heavy atom. The Morgan fingerprint density at radius 3 is 2.88 bits per heavy atom. The van der Waals surface area contributed by atoms with E-state index < -0.39 is 0 Å². The van der Waals surface area contributed by atoms with Crippen molar-refractivity contribution in [1.82, 2.24) is 9.97 Å². The van der Waals surface area contributed by atoms with Gasteiger partial charge in [0.25, 0.3) is 0 Å². The van der Waals surface area contributed by atoms with Crippen molar-refractivity contribution in [1.29, 1.82) is 0 Å². The number of nitrogens with one attached hydrogen (secondary N) is 1. The van der Waals surface area contributed by atoms with Crippen molar-refractivity contribution in [3.8, 4) is 0 Å². The van der Waals surface area contributed by atoms with Crippen LogP contribution in [-0.4, -0.2) is 9.97 Å². The van der Waals surface area contributed by atoms with E-state index in [1.54, 1.807) is 11.3 Å². The van der Waals surface area contributed by atoms with Gasteiger partial charge in [-0.15, -0.1) is 11.3 Å². The maximum Gasteiger partial charge on any atom is 0.143 e. The molecule has 5 heteroatoms. The lowest BCUT2D eigenvalue weighted by Crippen LogP contribution is -2.06. The predicted octanol–water partition coefficient (Wildman–Crippen LogP) is 3.37. The number of aryl methyl sites for hydroxylation is 2. The molecule has 84 valence electrons. The summed E-state index contributed by atoms with van der Waals surface area (Å²) in [5.41, 5.74) is 1.03. The van der Waals surface area contributed by atoms with Crippen molar-refractivity contribution in [3.63, 3.8) is 0 Å². The van der Waals surface area contributed by atoms with Crippen LogP contribution in [0.4, 0.5) is 5.82 Å². The van der Waals surface area contributed by atoms with Crippen LogP contribution in [0.3, 0.4) is 0 Å². The van der Waals surface area contributed by atoms with Gasteiger partial charge in [-0.3, -0.25) is 0 Å². The van der Waals surface area contributed by atoms with Gasteiger partial charge in [-0.05, 0) is 47.9 Å². The van der Waals surface area contributed by atoms with Crippen LogP contribution in [0.15, 0.2) is 17.5 Å². The van der Waals surface area contributed by atoms with Crippen LogP contribution >= 0.6 is 33.9 Å². The molecule has 2 heterocycles. The van der Waals surface area contributed by atoms with Crippen LogP contribution in [0.25, 0.3) is 0 Å². The zero-order chi connectivity index (χ0) is 11.5. The third-order valence-electron chi connectivity index (χ3n) is 2.14. The van der Waals surface area contributed by atoms with Crippen molar-refractivity contribution >= 4 is 39.7 Å². The second-order valence-electron chi connectivity index (χ2n) is 3.45. The summed E-state index contributed by atoms with van der Waals surface area (Å²) in [6.45, 7) is 4.75. The monoisotopic (exact) mass is 345 g/mol. The summed E-state index contributed by atoms with van der Waals surface area (Å²) in [6, 6.07) is 4.18. The summed E-state index contributed by atoms with van der Waals surface area (Å²) < 4.78 is 1.10. The lowest BCUT2D eigenvalue weighted by atomic mass is 10.4. The minimum Gasteiger partial charge on any atom is -0.364 e. The molecule has 2 aromatic rings. The zero-order valence-electron chi connectivity index (χ0n) is 9.12. The second-order valence-corrected chi connectivity index (χ2v) is 5.56. The van der Waals surface area contributed by atoms with E-state index in [2.05, 4.69) is 55.4 Å². The highest BCUT2D eigenvalue weighted by atomic mass is 127. The van der Waals surface area contributed by atoms with Gasteiger partial charge in [-0.2, -0.15) is 0 Å². The fourth-order valence-electron chi connectivity index (χ4n) is 1.40. The lowest BCUT2D eigenvalue weighted by molar-refractivity contribution is 0.982. The number of hydrogen-bond donors (Lipinski definition) is 1. The first-order valence-electron chi connectivity index (χ1n) is 4.94. The first kappa shape index (κ1) is 11.8. The average Bonchev–Trinajstić information content (AvgIpc) is 2.74. The summed E-state index contributed by atoms with van der Waals surface area (Å²) in [5.74, 6) is 1.74. The number of aromatic nitrogens is 2. The fourth-order valence-corrected chi connectivity index (χ4v) is 2.48. The molecule has 16 heavy (non-hydrogen) atoms. The SMILES string of the molecule is Cc1nc(C)c(I)c(NCc2cccs2)n1. The van der Waals surface area contributed by atoms with E-state index in [1.807, 2.05) is 13.8 Å². The van der Waals surface area contributed by atoms with E-state index in [0.717, 1.165) is 27.5 Å². The highest BCUT2D eigenvalue weighted by molar-refractivity contribution is 14.1. The highest BCUT2D eigenvalue weighted by Gasteiger charge is 2.06. The van der Waals surface area contributed by atoms with Gasteiger partial charge in [0.05, 0.1) is 15.8 Å². The molecule has 0 saturated carbocycles. The molecule has 0 bridgehead atoms. The standard InChI is InChI=1S/C11H12IN3S/c1-7-10(12)11(15-8(2)14-7)13-6-9-4-3-5-16-9/h3-5H,6H2,1-2H3,(H,13,14,15). The summed E-state index contributed by atoms with van der Waals surface area (Å²) in [4.78, 5) is 10.0. The molecule has 0 saturated heterocycles. The fraction of sp³-hybridized carbons (Fsp3) is 0.273. The summed E-state index contributed by atoms with van der Waals surface area (Å²) in [7, 11) is 0. The van der Waals surface area contributed by atoms with Crippen molar-refractivity contribution in [2.75, 3.05) is 5.32 Å². The molecule has 0 radical (unpaired) electrons. The Bertz CT molecular complexity index is 482. The first-order valence-corrected chi connectivity index (χ1v) is 6.89. The minimum absolute atomic E-state index is 0.812. The predicted molar refractivity (Wildman–Crippen MR) is 75.9 cm³/mol. The van der Waals surface area contributed by atoms with Gasteiger partial charge in [0.15, 0.2) is 0 Å². The third kappa shape index (κ3) is 2.70. The van der Waals surface area contributed by atoms with Crippen molar-refractivity contribution in [2.45, 2.75) is 20.4 Å². The molecule has 3 nitrogen and oxygen atoms in total. The number of rotatable bonds is 3. The molecule has 2 aromatic heterocycles. The van der Waals surface area contributed by atoms with E-state index in [9.17, 15) is 0 Å². The number of anilines is 1. The van der Waals surface area contributed by atoms with E-state index in [1.165, 1.54) is 4.88 Å². The number of nitrogens with zero attached hydrogens (tertiary/aromatic N) is 2. The van der Waals surface area contributed by atoms with Crippen LogP contribution in [0.1, 0.15) is 16.4 Å². The number of hydrogen-bond acceptors (Lipinski definition) is 4. The maximum atomic E-state index is 4.41. The van der Waals surface area contributed by atoms with Gasteiger partial charge in [0.2, 0.25) is 0 Å². The van der Waals surface area contributed by atoms with Crippen LogP contribution in [-0.2, 0) is 6.54 Å². The molecule has 0 atom stereocenters. The molecule has 0 amide bonds. The van der Waals surface area contributed by atoms with Crippen LogP contribution in [0.5, 0.6) is 0 Å². The van der Waals surface area contributed by atoms with Crippen LogP contribution in [0.2, 0.25) is 0 Å². The molecule has 0 aliphatic rings. The molecule has 0 unspecified atom stereocenters. The molecule has 0 spiro atoms. The van der Waals surface area contributed by atoms with Gasteiger partial charge in [-0.1, -0.05) is 6.07 Å². The van der Waals surface area contributed by atoms with Crippen LogP contribution in [0, 0.1) is 17.4 Å². The minimum atomic E-state index is 0.812. The normalized spacial score (nSPS) is 10.4. The topological polar surface area (TPSA) is 37.8 Å². The molecule has 0 aliphatic carbocycles. The Kier molecular flexibility index (Phi) is 3.75. The van der Waals surface area contributed by atoms with E-state index in [0.29, 0.717) is 0 Å². The van der Waals surface area contributed by atoms with Gasteiger partial charge in [0, 0.05) is 4.88 Å². The summed E-state index contributed by atoms with van der Waals surface area (Å²) in [5, 5.41) is 5.43. The number of thiophene rings is 1. The Balaban J connectivity index is 2.15. The zero-order valence-corrected chi connectivity index (χ0v) is 12.1. The van der Waals surface area contributed by atoms with Gasteiger partial charge in [-0.25, -0.2) is 9.97 Å². The van der Waals surface area contributed by atoms with Gasteiger partial charge >= 0.3 is 0 Å². The molecule has 2 rings (SSSR count). The summed E-state index contributed by atoms with van der Waals surface area (Å²) in [6.07, 6.45) is 0. The first-order chi connectivity index (χ1) is 7.66. The molecule has 0 fully saturated rings. The second kappa shape index (κ2) is 5.09. The average molecular weight is 345 g/mol. The Labute approximate surface area is 112 Å². The van der Waals surface area contributed by atoms with Crippen molar-refractivity contribution in [3.05, 3.63) is 37.5 Å². The van der Waals surface area contributed by atoms with Crippen LogP contribution < -0.4 is 5.32 Å².